The molecule has 0 saturated heterocycles. The van der Waals surface area contributed by atoms with E-state index in [1.54, 1.807) is 42.5 Å². The first-order valence-corrected chi connectivity index (χ1v) is 16.6. The van der Waals surface area contributed by atoms with E-state index in [9.17, 15) is 22.4 Å². The number of hydrogen-bond acceptors (Lipinski definition) is 4. The highest BCUT2D eigenvalue weighted by atomic mass is 32.2. The Kier molecular flexibility index (Phi) is 11.5. The molecule has 0 aliphatic rings. The maximum absolute atomic E-state index is 14.5. The number of rotatable bonds is 14. The molecule has 9 heteroatoms. The van der Waals surface area contributed by atoms with E-state index in [1.807, 2.05) is 57.2 Å². The predicted molar refractivity (Wildman–Crippen MR) is 176 cm³/mol. The number of carbonyl (C=O) groups is 2. The molecule has 1 N–H and O–H groups in total. The number of sulfonamides is 1. The third-order valence-corrected chi connectivity index (χ3v) is 9.60. The summed E-state index contributed by atoms with van der Waals surface area (Å²) in [5.74, 6) is -1.33. The molecular formula is C36H40FN3O4S. The predicted octanol–water partition coefficient (Wildman–Crippen LogP) is 6.19. The number of aryl methyl sites for hydroxylation is 1. The Labute approximate surface area is 265 Å². The van der Waals surface area contributed by atoms with Crippen LogP contribution in [0.25, 0.3) is 0 Å². The molecule has 1 unspecified atom stereocenters. The fourth-order valence-electron chi connectivity index (χ4n) is 5.09. The van der Waals surface area contributed by atoms with Gasteiger partial charge in [0.05, 0.1) is 10.6 Å². The third kappa shape index (κ3) is 8.57. The van der Waals surface area contributed by atoms with Crippen LogP contribution in [0.2, 0.25) is 0 Å². The summed E-state index contributed by atoms with van der Waals surface area (Å²) < 4.78 is 43.3. The molecule has 45 heavy (non-hydrogen) atoms. The number of hydrogen-bond donors (Lipinski definition) is 1. The van der Waals surface area contributed by atoms with Crippen molar-refractivity contribution in [2.75, 3.05) is 17.4 Å². The van der Waals surface area contributed by atoms with Crippen molar-refractivity contribution in [1.82, 2.24) is 10.2 Å². The first-order valence-electron chi connectivity index (χ1n) is 15.1. The average Bonchev–Trinajstić information content (AvgIpc) is 3.04. The lowest BCUT2D eigenvalue weighted by Gasteiger charge is -2.34. The number of unbranched alkanes of at least 4 members (excludes halogenated alkanes) is 1. The van der Waals surface area contributed by atoms with E-state index in [4.69, 9.17) is 0 Å². The first-order chi connectivity index (χ1) is 21.6. The van der Waals surface area contributed by atoms with Crippen LogP contribution in [-0.4, -0.2) is 44.3 Å². The Morgan fingerprint density at radius 2 is 1.47 bits per heavy atom. The van der Waals surface area contributed by atoms with Crippen LogP contribution in [-0.2, 0) is 32.6 Å². The molecule has 0 fully saturated rings. The minimum absolute atomic E-state index is 0.0240. The van der Waals surface area contributed by atoms with Crippen molar-refractivity contribution in [2.45, 2.75) is 57.5 Å². The topological polar surface area (TPSA) is 86.8 Å². The van der Waals surface area contributed by atoms with E-state index < -0.39 is 34.3 Å². The molecule has 4 rings (SSSR count). The van der Waals surface area contributed by atoms with Crippen molar-refractivity contribution in [3.63, 3.8) is 0 Å². The molecule has 2 amide bonds. The number of anilines is 1. The summed E-state index contributed by atoms with van der Waals surface area (Å²) in [6, 6.07) is 27.4. The van der Waals surface area contributed by atoms with Crippen LogP contribution in [0.15, 0.2) is 108 Å². The molecule has 0 saturated carbocycles. The Bertz CT molecular complexity index is 1680. The smallest absolute Gasteiger partial charge is 0.264 e. The number of nitrogens with zero attached hydrogens (tertiary/aromatic N) is 2. The van der Waals surface area contributed by atoms with Gasteiger partial charge in [-0.25, -0.2) is 12.8 Å². The van der Waals surface area contributed by atoms with Crippen molar-refractivity contribution in [2.24, 2.45) is 0 Å². The van der Waals surface area contributed by atoms with Gasteiger partial charge in [-0.15, -0.1) is 0 Å². The zero-order valence-corrected chi connectivity index (χ0v) is 26.8. The maximum Gasteiger partial charge on any atom is 0.264 e. The zero-order valence-electron chi connectivity index (χ0n) is 25.9. The highest BCUT2D eigenvalue weighted by molar-refractivity contribution is 7.92. The number of amides is 2. The molecule has 1 atom stereocenters. The zero-order chi connectivity index (χ0) is 32.4. The molecule has 0 spiro atoms. The van der Waals surface area contributed by atoms with Gasteiger partial charge in [0.25, 0.3) is 10.0 Å². The lowest BCUT2D eigenvalue weighted by Crippen LogP contribution is -2.53. The van der Waals surface area contributed by atoms with Crippen LogP contribution < -0.4 is 9.62 Å². The van der Waals surface area contributed by atoms with Gasteiger partial charge in [-0.2, -0.15) is 0 Å². The summed E-state index contributed by atoms with van der Waals surface area (Å²) in [6.45, 7) is 5.59. The Morgan fingerprint density at radius 1 is 0.822 bits per heavy atom. The largest absolute Gasteiger partial charge is 0.354 e. The minimum Gasteiger partial charge on any atom is -0.354 e. The van der Waals surface area contributed by atoms with Gasteiger partial charge in [0, 0.05) is 19.5 Å². The fourth-order valence-corrected chi connectivity index (χ4v) is 6.58. The van der Waals surface area contributed by atoms with Gasteiger partial charge < -0.3 is 10.2 Å². The van der Waals surface area contributed by atoms with E-state index >= 15 is 0 Å². The Balaban J connectivity index is 1.81. The molecule has 236 valence electrons. The lowest BCUT2D eigenvalue weighted by molar-refractivity contribution is -0.140. The molecule has 7 nitrogen and oxygen atoms in total. The van der Waals surface area contributed by atoms with Crippen LogP contribution >= 0.6 is 0 Å². The van der Waals surface area contributed by atoms with E-state index in [-0.39, 0.29) is 23.8 Å². The van der Waals surface area contributed by atoms with E-state index in [2.05, 4.69) is 5.32 Å². The highest BCUT2D eigenvalue weighted by Crippen LogP contribution is 2.29. The van der Waals surface area contributed by atoms with E-state index in [0.717, 1.165) is 28.3 Å². The SMILES string of the molecule is CCCCNC(=O)C(Cc1ccccc1)N(Cc1ccc(F)cc1)C(=O)CN(c1cccc(C)c1C)S(=O)(=O)c1ccccc1. The molecule has 0 heterocycles. The van der Waals surface area contributed by atoms with E-state index in [0.29, 0.717) is 23.4 Å². The number of halogens is 1. The number of nitrogens with one attached hydrogen (secondary N) is 1. The maximum atomic E-state index is 14.5. The summed E-state index contributed by atoms with van der Waals surface area (Å²) >= 11 is 0. The quantitative estimate of drug-likeness (QED) is 0.169. The third-order valence-electron chi connectivity index (χ3n) is 7.82. The molecule has 0 radical (unpaired) electrons. The molecule has 4 aromatic rings. The Hall–Kier alpha value is -4.50. The average molecular weight is 630 g/mol. The minimum atomic E-state index is -4.19. The summed E-state index contributed by atoms with van der Waals surface area (Å²) in [4.78, 5) is 29.8. The summed E-state index contributed by atoms with van der Waals surface area (Å²) in [7, 11) is -4.19. The standard InChI is InChI=1S/C36H40FN3O4S/c1-4-5-23-38-36(42)34(24-29-14-8-6-9-15-29)39(25-30-19-21-31(37)22-20-30)35(41)26-40(33-18-12-13-27(2)28(33)3)45(43,44)32-16-10-7-11-17-32/h6-22,34H,4-5,23-26H2,1-3H3,(H,38,42). The van der Waals surface area contributed by atoms with Gasteiger partial charge in [0.1, 0.15) is 18.4 Å². The van der Waals surface area contributed by atoms with Crippen LogP contribution in [0.3, 0.4) is 0 Å². The lowest BCUT2D eigenvalue weighted by atomic mass is 10.0. The van der Waals surface area contributed by atoms with Gasteiger partial charge >= 0.3 is 0 Å². The van der Waals surface area contributed by atoms with Gasteiger partial charge in [-0.1, -0.05) is 86.1 Å². The fraction of sp³-hybridized carbons (Fsp3) is 0.278. The van der Waals surface area contributed by atoms with Crippen molar-refractivity contribution < 1.29 is 22.4 Å². The highest BCUT2D eigenvalue weighted by Gasteiger charge is 2.35. The van der Waals surface area contributed by atoms with Crippen molar-refractivity contribution in [3.05, 3.63) is 131 Å². The molecule has 0 aliphatic carbocycles. The molecule has 0 bridgehead atoms. The van der Waals surface area contributed by atoms with Gasteiger partial charge in [0.2, 0.25) is 11.8 Å². The first kappa shape index (κ1) is 33.4. The second-order valence-corrected chi connectivity index (χ2v) is 12.9. The van der Waals surface area contributed by atoms with Crippen LogP contribution in [0.4, 0.5) is 10.1 Å². The van der Waals surface area contributed by atoms with Crippen LogP contribution in [0.5, 0.6) is 0 Å². The van der Waals surface area contributed by atoms with Gasteiger partial charge in [-0.3, -0.25) is 13.9 Å². The van der Waals surface area contributed by atoms with Gasteiger partial charge in [-0.05, 0) is 72.9 Å². The second kappa shape index (κ2) is 15.5. The Morgan fingerprint density at radius 3 is 2.11 bits per heavy atom. The molecule has 0 aromatic heterocycles. The molecule has 0 aliphatic heterocycles. The number of benzene rings is 4. The normalized spacial score (nSPS) is 11.9. The molecule has 4 aromatic carbocycles. The summed E-state index contributed by atoms with van der Waals surface area (Å²) in [6.07, 6.45) is 1.86. The second-order valence-electron chi connectivity index (χ2n) is 11.0. The van der Waals surface area contributed by atoms with E-state index in [1.165, 1.54) is 29.2 Å². The monoisotopic (exact) mass is 629 g/mol. The summed E-state index contributed by atoms with van der Waals surface area (Å²) in [5.41, 5.74) is 3.41. The van der Waals surface area contributed by atoms with Crippen LogP contribution in [0.1, 0.15) is 42.0 Å². The van der Waals surface area contributed by atoms with Crippen molar-refractivity contribution in [3.8, 4) is 0 Å². The van der Waals surface area contributed by atoms with Crippen molar-refractivity contribution >= 4 is 27.5 Å². The summed E-state index contributed by atoms with van der Waals surface area (Å²) in [5, 5.41) is 2.97. The number of carbonyl (C=O) groups excluding carboxylic acids is 2. The molecular weight excluding hydrogens is 589 g/mol. The van der Waals surface area contributed by atoms with Crippen LogP contribution in [0, 0.1) is 19.7 Å². The van der Waals surface area contributed by atoms with Crippen molar-refractivity contribution in [1.29, 1.82) is 0 Å². The van der Waals surface area contributed by atoms with Gasteiger partial charge in [0.15, 0.2) is 0 Å².